The van der Waals surface area contributed by atoms with Gasteiger partial charge in [-0.1, -0.05) is 0 Å². The third-order valence-electron chi connectivity index (χ3n) is 2.03. The minimum absolute atomic E-state index is 0.000000000000000444. The minimum atomic E-state index is -3.86. The molecule has 2 N–H and O–H groups in total. The summed E-state index contributed by atoms with van der Waals surface area (Å²) in [4.78, 5) is -0.171. The van der Waals surface area contributed by atoms with Crippen molar-refractivity contribution in [1.29, 1.82) is 0 Å². The molecule has 1 aliphatic rings. The second-order valence-corrected chi connectivity index (χ2v) is 4.98. The van der Waals surface area contributed by atoms with Gasteiger partial charge in [-0.25, -0.2) is 17.9 Å². The van der Waals surface area contributed by atoms with Gasteiger partial charge in [-0.3, -0.25) is 0 Å². The van der Waals surface area contributed by atoms with Gasteiger partial charge in [0.15, 0.2) is 0 Å². The van der Waals surface area contributed by atoms with Crippen molar-refractivity contribution in [3.8, 4) is 5.75 Å². The van der Waals surface area contributed by atoms with Crippen molar-refractivity contribution in [3.63, 3.8) is 0 Å². The van der Waals surface area contributed by atoms with Gasteiger partial charge in [0.2, 0.25) is 10.0 Å². The SMILES string of the molecule is NS(=O)(=O)c1ccc(F)cc1OC1CC1. The summed E-state index contributed by atoms with van der Waals surface area (Å²) >= 11 is 0. The Hall–Kier alpha value is -1.14. The number of halogens is 1. The number of rotatable bonds is 3. The second kappa shape index (κ2) is 3.46. The number of sulfonamides is 1. The molecule has 4 nitrogen and oxygen atoms in total. The van der Waals surface area contributed by atoms with Crippen LogP contribution in [0.4, 0.5) is 4.39 Å². The molecule has 82 valence electrons. The quantitative estimate of drug-likeness (QED) is 0.844. The van der Waals surface area contributed by atoms with E-state index in [0.29, 0.717) is 0 Å². The van der Waals surface area contributed by atoms with Gasteiger partial charge in [-0.2, -0.15) is 0 Å². The molecule has 1 saturated carbocycles. The van der Waals surface area contributed by atoms with Gasteiger partial charge < -0.3 is 4.74 Å². The summed E-state index contributed by atoms with van der Waals surface area (Å²) in [5.74, 6) is -0.543. The molecule has 2 rings (SSSR count). The molecule has 0 radical (unpaired) electrons. The van der Waals surface area contributed by atoms with Gasteiger partial charge in [0.25, 0.3) is 0 Å². The first kappa shape index (κ1) is 10.4. The Morgan fingerprint density at radius 3 is 2.60 bits per heavy atom. The van der Waals surface area contributed by atoms with Crippen LogP contribution in [0.3, 0.4) is 0 Å². The maximum atomic E-state index is 12.9. The normalized spacial score (nSPS) is 16.4. The van der Waals surface area contributed by atoms with Gasteiger partial charge in [0.1, 0.15) is 16.5 Å². The highest BCUT2D eigenvalue weighted by Crippen LogP contribution is 2.31. The van der Waals surface area contributed by atoms with Crippen molar-refractivity contribution in [2.45, 2.75) is 23.8 Å². The zero-order valence-corrected chi connectivity index (χ0v) is 8.63. The molecule has 0 atom stereocenters. The largest absolute Gasteiger partial charge is 0.489 e. The average Bonchev–Trinajstić information content (AvgIpc) is 2.85. The lowest BCUT2D eigenvalue weighted by Gasteiger charge is -2.08. The van der Waals surface area contributed by atoms with Gasteiger partial charge in [-0.15, -0.1) is 0 Å². The van der Waals surface area contributed by atoms with Crippen molar-refractivity contribution in [2.75, 3.05) is 0 Å². The lowest BCUT2D eigenvalue weighted by atomic mass is 10.3. The number of ether oxygens (including phenoxy) is 1. The van der Waals surface area contributed by atoms with Crippen LogP contribution in [0.25, 0.3) is 0 Å². The molecule has 0 aromatic heterocycles. The number of benzene rings is 1. The molecule has 0 amide bonds. The van der Waals surface area contributed by atoms with Crippen molar-refractivity contribution in [2.24, 2.45) is 5.14 Å². The Balaban J connectivity index is 2.43. The predicted molar refractivity (Wildman–Crippen MR) is 51.4 cm³/mol. The van der Waals surface area contributed by atoms with Crippen LogP contribution >= 0.6 is 0 Å². The Morgan fingerprint density at radius 1 is 1.40 bits per heavy atom. The summed E-state index contributed by atoms with van der Waals surface area (Å²) in [6, 6.07) is 3.19. The molecule has 0 bridgehead atoms. The van der Waals surface area contributed by atoms with E-state index in [2.05, 4.69) is 0 Å². The zero-order chi connectivity index (χ0) is 11.1. The molecular formula is C9H10FNO3S. The second-order valence-electron chi connectivity index (χ2n) is 3.45. The standard InChI is InChI=1S/C9H10FNO3S/c10-6-1-4-9(15(11,12)13)8(5-6)14-7-2-3-7/h1,4-5,7H,2-3H2,(H2,11,12,13). The van der Waals surface area contributed by atoms with E-state index in [-0.39, 0.29) is 16.7 Å². The van der Waals surface area contributed by atoms with E-state index in [4.69, 9.17) is 9.88 Å². The smallest absolute Gasteiger partial charge is 0.241 e. The number of nitrogens with two attached hydrogens (primary N) is 1. The molecule has 1 fully saturated rings. The van der Waals surface area contributed by atoms with Gasteiger partial charge in [0, 0.05) is 6.07 Å². The lowest BCUT2D eigenvalue weighted by molar-refractivity contribution is 0.293. The van der Waals surface area contributed by atoms with Gasteiger partial charge in [0.05, 0.1) is 6.10 Å². The fourth-order valence-electron chi connectivity index (χ4n) is 1.17. The highest BCUT2D eigenvalue weighted by atomic mass is 32.2. The monoisotopic (exact) mass is 231 g/mol. The van der Waals surface area contributed by atoms with Gasteiger partial charge >= 0.3 is 0 Å². The minimum Gasteiger partial charge on any atom is -0.489 e. The zero-order valence-electron chi connectivity index (χ0n) is 7.81. The summed E-state index contributed by atoms with van der Waals surface area (Å²) in [6.07, 6.45) is 1.72. The fourth-order valence-corrected chi connectivity index (χ4v) is 1.82. The predicted octanol–water partition coefficient (Wildman–Crippen LogP) is 1.01. The summed E-state index contributed by atoms with van der Waals surface area (Å²) in [5, 5.41) is 4.97. The first-order valence-electron chi connectivity index (χ1n) is 4.46. The summed E-state index contributed by atoms with van der Waals surface area (Å²) in [6.45, 7) is 0. The van der Waals surface area contributed by atoms with E-state index in [1.165, 1.54) is 0 Å². The molecule has 0 heterocycles. The summed E-state index contributed by atoms with van der Waals surface area (Å²) in [7, 11) is -3.86. The molecule has 0 spiro atoms. The highest BCUT2D eigenvalue weighted by Gasteiger charge is 2.26. The first-order valence-corrected chi connectivity index (χ1v) is 6.00. The number of hydrogen-bond donors (Lipinski definition) is 1. The maximum Gasteiger partial charge on any atom is 0.241 e. The molecule has 1 aromatic rings. The Morgan fingerprint density at radius 2 is 2.07 bits per heavy atom. The van der Waals surface area contributed by atoms with Crippen molar-refractivity contribution >= 4 is 10.0 Å². The average molecular weight is 231 g/mol. The van der Waals surface area contributed by atoms with E-state index in [0.717, 1.165) is 31.0 Å². The molecular weight excluding hydrogens is 221 g/mol. The Bertz CT molecular complexity index is 482. The van der Waals surface area contributed by atoms with Crippen LogP contribution in [0.15, 0.2) is 23.1 Å². The molecule has 1 aliphatic carbocycles. The molecule has 6 heteroatoms. The molecule has 1 aromatic carbocycles. The molecule has 0 unspecified atom stereocenters. The van der Waals surface area contributed by atoms with E-state index >= 15 is 0 Å². The lowest BCUT2D eigenvalue weighted by Crippen LogP contribution is -2.14. The van der Waals surface area contributed by atoms with Crippen LogP contribution in [0.2, 0.25) is 0 Å². The molecule has 0 aliphatic heterocycles. The number of primary sulfonamides is 1. The van der Waals surface area contributed by atoms with Crippen LogP contribution in [0.5, 0.6) is 5.75 Å². The Labute approximate surface area is 86.9 Å². The van der Waals surface area contributed by atoms with Crippen LogP contribution < -0.4 is 9.88 Å². The van der Waals surface area contributed by atoms with Crippen molar-refractivity contribution < 1.29 is 17.5 Å². The van der Waals surface area contributed by atoms with Crippen LogP contribution in [-0.4, -0.2) is 14.5 Å². The van der Waals surface area contributed by atoms with E-state index < -0.39 is 15.8 Å². The molecule has 15 heavy (non-hydrogen) atoms. The topological polar surface area (TPSA) is 69.4 Å². The summed E-state index contributed by atoms with van der Waals surface area (Å²) < 4.78 is 40.4. The third-order valence-corrected chi connectivity index (χ3v) is 2.98. The number of hydrogen-bond acceptors (Lipinski definition) is 3. The fraction of sp³-hybridized carbons (Fsp3) is 0.333. The van der Waals surface area contributed by atoms with E-state index in [1.54, 1.807) is 0 Å². The maximum absolute atomic E-state index is 12.9. The van der Waals surface area contributed by atoms with Crippen molar-refractivity contribution in [1.82, 2.24) is 0 Å². The van der Waals surface area contributed by atoms with E-state index in [1.807, 2.05) is 0 Å². The van der Waals surface area contributed by atoms with E-state index in [9.17, 15) is 12.8 Å². The Kier molecular flexibility index (Phi) is 2.40. The van der Waals surface area contributed by atoms with Crippen molar-refractivity contribution in [3.05, 3.63) is 24.0 Å². The highest BCUT2D eigenvalue weighted by molar-refractivity contribution is 7.89. The van der Waals surface area contributed by atoms with Crippen LogP contribution in [0, 0.1) is 5.82 Å². The first-order chi connectivity index (χ1) is 6.97. The molecule has 0 saturated heterocycles. The summed E-state index contributed by atoms with van der Waals surface area (Å²) in [5.41, 5.74) is 0. The van der Waals surface area contributed by atoms with Crippen LogP contribution in [-0.2, 0) is 10.0 Å². The van der Waals surface area contributed by atoms with Crippen LogP contribution in [0.1, 0.15) is 12.8 Å². The van der Waals surface area contributed by atoms with Gasteiger partial charge in [-0.05, 0) is 25.0 Å². The third kappa shape index (κ3) is 2.45.